The Morgan fingerprint density at radius 3 is 2.71 bits per heavy atom. The van der Waals surface area contributed by atoms with Gasteiger partial charge in [0.1, 0.15) is 5.69 Å². The minimum absolute atomic E-state index is 0.143. The van der Waals surface area contributed by atoms with E-state index in [0.717, 1.165) is 37.8 Å². The van der Waals surface area contributed by atoms with Gasteiger partial charge in [0.05, 0.1) is 11.3 Å². The first-order valence-electron chi connectivity index (χ1n) is 8.04. The number of aliphatic hydroxyl groups is 1. The van der Waals surface area contributed by atoms with Crippen molar-refractivity contribution in [2.75, 3.05) is 6.54 Å². The quantitative estimate of drug-likeness (QED) is 0.874. The summed E-state index contributed by atoms with van der Waals surface area (Å²) in [4.78, 5) is 12.3. The molecule has 0 atom stereocenters. The Morgan fingerprint density at radius 1 is 1.48 bits per heavy atom. The highest BCUT2D eigenvalue weighted by atomic mass is 16.3. The van der Waals surface area contributed by atoms with Gasteiger partial charge in [0, 0.05) is 13.1 Å². The number of amides is 1. The van der Waals surface area contributed by atoms with Gasteiger partial charge in [-0.05, 0) is 51.0 Å². The van der Waals surface area contributed by atoms with Crippen LogP contribution in [0.15, 0.2) is 6.07 Å². The first-order chi connectivity index (χ1) is 9.97. The van der Waals surface area contributed by atoms with Crippen LogP contribution in [0.1, 0.15) is 62.6 Å². The summed E-state index contributed by atoms with van der Waals surface area (Å²) in [6.07, 6.45) is 4.40. The summed E-state index contributed by atoms with van der Waals surface area (Å²) in [6, 6.07) is 1.84. The summed E-state index contributed by atoms with van der Waals surface area (Å²) in [5.41, 5.74) is 0.765. The lowest BCUT2D eigenvalue weighted by atomic mass is 9.79. The average molecular weight is 293 g/mol. The molecule has 5 nitrogen and oxygen atoms in total. The number of carbonyl (C=O) groups excluding carboxylic acids is 1. The van der Waals surface area contributed by atoms with E-state index >= 15 is 0 Å². The highest BCUT2D eigenvalue weighted by Gasteiger charge is 2.32. The molecule has 1 aliphatic carbocycles. The monoisotopic (exact) mass is 293 g/mol. The zero-order valence-electron chi connectivity index (χ0n) is 13.4. The van der Waals surface area contributed by atoms with Gasteiger partial charge in [-0.25, -0.2) is 0 Å². The number of carbonyl (C=O) groups is 1. The molecule has 1 aromatic rings. The van der Waals surface area contributed by atoms with Crippen molar-refractivity contribution in [3.63, 3.8) is 0 Å². The van der Waals surface area contributed by atoms with Gasteiger partial charge >= 0.3 is 0 Å². The number of aromatic nitrogens is 2. The fourth-order valence-electron chi connectivity index (χ4n) is 2.88. The predicted molar refractivity (Wildman–Crippen MR) is 82.2 cm³/mol. The number of nitrogens with one attached hydrogen (secondary N) is 1. The minimum atomic E-state index is -0.743. The zero-order valence-corrected chi connectivity index (χ0v) is 13.4. The van der Waals surface area contributed by atoms with Crippen LogP contribution in [0.2, 0.25) is 0 Å². The molecule has 118 valence electrons. The zero-order chi connectivity index (χ0) is 15.5. The van der Waals surface area contributed by atoms with Crippen LogP contribution in [0.3, 0.4) is 0 Å². The lowest BCUT2D eigenvalue weighted by Gasteiger charge is -2.34. The summed E-state index contributed by atoms with van der Waals surface area (Å²) in [6.45, 7) is 7.21. The fourth-order valence-corrected chi connectivity index (χ4v) is 2.88. The molecule has 2 rings (SSSR count). The Morgan fingerprint density at radius 2 is 2.14 bits per heavy atom. The lowest BCUT2D eigenvalue weighted by Crippen LogP contribution is -2.45. The summed E-state index contributed by atoms with van der Waals surface area (Å²) in [5.74, 6) is 0.533. The van der Waals surface area contributed by atoms with E-state index in [-0.39, 0.29) is 5.91 Å². The van der Waals surface area contributed by atoms with E-state index in [1.165, 1.54) is 0 Å². The first kappa shape index (κ1) is 16.0. The Labute approximate surface area is 126 Å². The molecule has 5 heteroatoms. The Bertz CT molecular complexity index is 488. The van der Waals surface area contributed by atoms with Gasteiger partial charge in [-0.2, -0.15) is 5.10 Å². The lowest BCUT2D eigenvalue weighted by molar-refractivity contribution is -0.00547. The van der Waals surface area contributed by atoms with Crippen LogP contribution >= 0.6 is 0 Å². The fraction of sp³-hybridized carbons (Fsp3) is 0.750. The number of nitrogens with zero attached hydrogens (tertiary/aromatic N) is 2. The van der Waals surface area contributed by atoms with Gasteiger partial charge in [0.15, 0.2) is 0 Å². The Balaban J connectivity index is 1.97. The summed E-state index contributed by atoms with van der Waals surface area (Å²) in [7, 11) is 0. The second kappa shape index (κ2) is 6.60. The van der Waals surface area contributed by atoms with E-state index in [9.17, 15) is 9.90 Å². The smallest absolute Gasteiger partial charge is 0.269 e. The highest BCUT2D eigenvalue weighted by molar-refractivity contribution is 5.92. The molecule has 0 radical (unpaired) electrons. The third-order valence-electron chi connectivity index (χ3n) is 4.51. The maximum absolute atomic E-state index is 12.3. The third kappa shape index (κ3) is 3.84. The van der Waals surface area contributed by atoms with Crippen molar-refractivity contribution >= 4 is 5.91 Å². The molecule has 1 fully saturated rings. The topological polar surface area (TPSA) is 67.2 Å². The maximum atomic E-state index is 12.3. The van der Waals surface area contributed by atoms with Crippen LogP contribution in [-0.4, -0.2) is 32.9 Å². The van der Waals surface area contributed by atoms with Crippen LogP contribution in [0, 0.1) is 5.92 Å². The van der Waals surface area contributed by atoms with Gasteiger partial charge in [-0.3, -0.25) is 9.48 Å². The van der Waals surface area contributed by atoms with Crippen molar-refractivity contribution in [1.29, 1.82) is 0 Å². The SMILES string of the molecule is CCc1cc(C(=O)NCC2(O)CCC(C)CC2)n(CC)n1. The summed E-state index contributed by atoms with van der Waals surface area (Å²) >= 11 is 0. The molecule has 1 amide bonds. The molecule has 2 N–H and O–H groups in total. The molecule has 1 saturated carbocycles. The largest absolute Gasteiger partial charge is 0.388 e. The van der Waals surface area contributed by atoms with E-state index in [0.29, 0.717) is 24.7 Å². The molecular weight excluding hydrogens is 266 g/mol. The molecule has 1 aliphatic rings. The molecule has 0 aromatic carbocycles. The van der Waals surface area contributed by atoms with Crippen molar-refractivity contribution in [3.8, 4) is 0 Å². The number of hydrogen-bond donors (Lipinski definition) is 2. The third-order valence-corrected chi connectivity index (χ3v) is 4.51. The summed E-state index contributed by atoms with van der Waals surface area (Å²) in [5, 5.41) is 17.8. The van der Waals surface area contributed by atoms with Gasteiger partial charge < -0.3 is 10.4 Å². The normalized spacial score (nSPS) is 25.8. The number of rotatable bonds is 5. The second-order valence-electron chi connectivity index (χ2n) is 6.28. The van der Waals surface area contributed by atoms with Crippen molar-refractivity contribution in [2.45, 2.75) is 65.0 Å². The highest BCUT2D eigenvalue weighted by Crippen LogP contribution is 2.31. The Hall–Kier alpha value is -1.36. The van der Waals surface area contributed by atoms with E-state index in [1.807, 2.05) is 19.9 Å². The molecule has 0 unspecified atom stereocenters. The molecule has 0 bridgehead atoms. The van der Waals surface area contributed by atoms with Crippen LogP contribution in [0.25, 0.3) is 0 Å². The molecule has 0 spiro atoms. The average Bonchev–Trinajstić information content (AvgIpc) is 2.92. The van der Waals surface area contributed by atoms with E-state index in [1.54, 1.807) is 4.68 Å². The van der Waals surface area contributed by atoms with Crippen LogP contribution < -0.4 is 5.32 Å². The van der Waals surface area contributed by atoms with Gasteiger partial charge in [-0.1, -0.05) is 13.8 Å². The van der Waals surface area contributed by atoms with Crippen molar-refractivity contribution in [2.24, 2.45) is 5.92 Å². The van der Waals surface area contributed by atoms with E-state index in [2.05, 4.69) is 17.3 Å². The van der Waals surface area contributed by atoms with Crippen molar-refractivity contribution in [3.05, 3.63) is 17.5 Å². The molecule has 0 aliphatic heterocycles. The van der Waals surface area contributed by atoms with Crippen LogP contribution in [0.4, 0.5) is 0 Å². The summed E-state index contributed by atoms with van der Waals surface area (Å²) < 4.78 is 1.72. The second-order valence-corrected chi connectivity index (χ2v) is 6.28. The molecule has 1 aromatic heterocycles. The first-order valence-corrected chi connectivity index (χ1v) is 8.04. The Kier molecular flexibility index (Phi) is 5.04. The molecule has 1 heterocycles. The molecule has 0 saturated heterocycles. The number of hydrogen-bond acceptors (Lipinski definition) is 3. The van der Waals surface area contributed by atoms with Crippen LogP contribution in [-0.2, 0) is 13.0 Å². The van der Waals surface area contributed by atoms with Gasteiger partial charge in [0.2, 0.25) is 0 Å². The van der Waals surface area contributed by atoms with E-state index in [4.69, 9.17) is 0 Å². The van der Waals surface area contributed by atoms with Crippen molar-refractivity contribution < 1.29 is 9.90 Å². The molecular formula is C16H27N3O2. The standard InChI is InChI=1S/C16H27N3O2/c1-4-13-10-14(19(5-2)18-13)15(20)17-11-16(21)8-6-12(3)7-9-16/h10,12,21H,4-9,11H2,1-3H3,(H,17,20). The molecule has 21 heavy (non-hydrogen) atoms. The minimum Gasteiger partial charge on any atom is -0.388 e. The van der Waals surface area contributed by atoms with Crippen LogP contribution in [0.5, 0.6) is 0 Å². The maximum Gasteiger partial charge on any atom is 0.269 e. The van der Waals surface area contributed by atoms with Gasteiger partial charge in [0.25, 0.3) is 5.91 Å². The van der Waals surface area contributed by atoms with Crippen molar-refractivity contribution in [1.82, 2.24) is 15.1 Å². The van der Waals surface area contributed by atoms with Gasteiger partial charge in [-0.15, -0.1) is 0 Å². The number of aryl methyl sites for hydroxylation is 2. The van der Waals surface area contributed by atoms with E-state index < -0.39 is 5.60 Å². The predicted octanol–water partition coefficient (Wildman–Crippen LogP) is 2.14.